The maximum atomic E-state index is 13.1. The highest BCUT2D eigenvalue weighted by Gasteiger charge is 2.34. The molecule has 2 heterocycles. The van der Waals surface area contributed by atoms with Gasteiger partial charge in [0.15, 0.2) is 0 Å². The third kappa shape index (κ3) is 5.36. The largest absolute Gasteiger partial charge is 0.444 e. The predicted molar refractivity (Wildman–Crippen MR) is 111 cm³/mol. The van der Waals surface area contributed by atoms with Crippen molar-refractivity contribution in [1.29, 1.82) is 0 Å². The van der Waals surface area contributed by atoms with Crippen molar-refractivity contribution in [2.45, 2.75) is 45.8 Å². The summed E-state index contributed by atoms with van der Waals surface area (Å²) in [6, 6.07) is 4.23. The first-order valence-electron chi connectivity index (χ1n) is 9.96. The summed E-state index contributed by atoms with van der Waals surface area (Å²) in [5.41, 5.74) is -0.357. The van der Waals surface area contributed by atoms with Gasteiger partial charge in [-0.05, 0) is 52.2 Å². The number of carbonyl (C=O) groups excluding carboxylic acids is 2. The normalized spacial score (nSPS) is 18.6. The second-order valence-electron chi connectivity index (χ2n) is 8.59. The van der Waals surface area contributed by atoms with Crippen LogP contribution in [0.3, 0.4) is 0 Å². The average molecular weight is 430 g/mol. The molecule has 1 aromatic heterocycles. The second kappa shape index (κ2) is 8.70. The summed E-state index contributed by atoms with van der Waals surface area (Å²) in [6.45, 7) is 8.11. The molecule has 11 heteroatoms. The first kappa shape index (κ1) is 22.2. The Bertz CT molecular complexity index is 969. The Kier molecular flexibility index (Phi) is 6.23. The number of benzene rings is 1. The maximum Gasteiger partial charge on any atom is 0.407 e. The summed E-state index contributed by atoms with van der Waals surface area (Å²) in [6.07, 6.45) is 2.85. The Morgan fingerprint density at radius 1 is 1.35 bits per heavy atom. The molecule has 2 atom stereocenters. The molecule has 2 aromatic rings. The van der Waals surface area contributed by atoms with Crippen LogP contribution < -0.4 is 5.32 Å². The van der Waals surface area contributed by atoms with Gasteiger partial charge in [0.25, 0.3) is 11.6 Å². The number of nitro benzene ring substituents is 1. The lowest BCUT2D eigenvalue weighted by Gasteiger charge is -2.22. The molecule has 31 heavy (non-hydrogen) atoms. The molecule has 1 aliphatic heterocycles. The average Bonchev–Trinajstić information content (AvgIpc) is 3.34. The van der Waals surface area contributed by atoms with Crippen LogP contribution in [-0.2, 0) is 4.74 Å². The van der Waals surface area contributed by atoms with E-state index in [1.165, 1.54) is 29.5 Å². The molecule has 0 saturated carbocycles. The van der Waals surface area contributed by atoms with Gasteiger partial charge in [-0.15, -0.1) is 0 Å². The number of alkyl carbamates (subject to hydrolysis) is 1. The van der Waals surface area contributed by atoms with Gasteiger partial charge < -0.3 is 15.0 Å². The Hall–Kier alpha value is -3.50. The van der Waals surface area contributed by atoms with E-state index in [0.717, 1.165) is 0 Å². The zero-order chi connectivity index (χ0) is 22.8. The monoisotopic (exact) mass is 430 g/mol. The van der Waals surface area contributed by atoms with E-state index in [2.05, 4.69) is 15.4 Å². The lowest BCUT2D eigenvalue weighted by atomic mass is 10.1. The Morgan fingerprint density at radius 2 is 2.10 bits per heavy atom. The summed E-state index contributed by atoms with van der Waals surface area (Å²) in [7, 11) is 0. The number of likely N-dealkylation sites (tertiary alicyclic amines) is 1. The first-order valence-corrected chi connectivity index (χ1v) is 9.96. The molecule has 166 valence electrons. The number of rotatable bonds is 5. The number of aromatic nitrogens is 3. The maximum absolute atomic E-state index is 13.1. The molecule has 0 aliphatic carbocycles. The van der Waals surface area contributed by atoms with Crippen molar-refractivity contribution in [3.63, 3.8) is 0 Å². The third-order valence-electron chi connectivity index (χ3n) is 4.94. The minimum atomic E-state index is -0.581. The van der Waals surface area contributed by atoms with E-state index >= 15 is 0 Å². The molecule has 0 bridgehead atoms. The molecule has 1 aliphatic rings. The summed E-state index contributed by atoms with van der Waals surface area (Å²) < 4.78 is 6.52. The Morgan fingerprint density at radius 3 is 2.71 bits per heavy atom. The fourth-order valence-electron chi connectivity index (χ4n) is 3.61. The molecule has 3 rings (SSSR count). The number of hydrogen-bond donors (Lipinski definition) is 1. The smallest absolute Gasteiger partial charge is 0.407 e. The quantitative estimate of drug-likeness (QED) is 0.569. The van der Waals surface area contributed by atoms with E-state index in [9.17, 15) is 19.7 Å². The molecule has 1 aromatic carbocycles. The van der Waals surface area contributed by atoms with Crippen LogP contribution in [0.15, 0.2) is 30.9 Å². The van der Waals surface area contributed by atoms with E-state index in [4.69, 9.17) is 4.74 Å². The minimum absolute atomic E-state index is 0.0630. The van der Waals surface area contributed by atoms with Crippen LogP contribution in [-0.4, -0.2) is 61.3 Å². The summed E-state index contributed by atoms with van der Waals surface area (Å²) in [5.74, 6) is -0.226. The van der Waals surface area contributed by atoms with Crippen LogP contribution in [0, 0.1) is 16.0 Å². The predicted octanol–water partition coefficient (Wildman–Crippen LogP) is 2.55. The highest BCUT2D eigenvalue weighted by Crippen LogP contribution is 2.28. The van der Waals surface area contributed by atoms with Gasteiger partial charge in [-0.2, -0.15) is 5.10 Å². The molecule has 11 nitrogen and oxygen atoms in total. The highest BCUT2D eigenvalue weighted by molar-refractivity contribution is 5.95. The molecule has 0 spiro atoms. The van der Waals surface area contributed by atoms with Crippen LogP contribution in [0.2, 0.25) is 0 Å². The standard InChI is InChI=1S/C20H26N6O5/c1-13-7-14(9-22-19(28)31-20(2,3)4)10-24(13)18(27)15-5-6-16(17(8-15)26(29)30)25-12-21-11-23-25/h5-6,8,11-14H,7,9-10H2,1-4H3,(H,22,28). The fourth-order valence-corrected chi connectivity index (χ4v) is 3.61. The van der Waals surface area contributed by atoms with E-state index < -0.39 is 16.6 Å². The molecular weight excluding hydrogens is 404 g/mol. The number of nitrogens with one attached hydrogen (secondary N) is 1. The number of carbonyl (C=O) groups is 2. The molecule has 2 unspecified atom stereocenters. The van der Waals surface area contributed by atoms with Crippen LogP contribution in [0.5, 0.6) is 0 Å². The van der Waals surface area contributed by atoms with E-state index in [1.54, 1.807) is 31.7 Å². The lowest BCUT2D eigenvalue weighted by Crippen LogP contribution is -2.37. The van der Waals surface area contributed by atoms with Gasteiger partial charge in [0.05, 0.1) is 4.92 Å². The van der Waals surface area contributed by atoms with Gasteiger partial charge in [-0.1, -0.05) is 0 Å². The van der Waals surface area contributed by atoms with Crippen LogP contribution >= 0.6 is 0 Å². The van der Waals surface area contributed by atoms with Crippen molar-refractivity contribution in [2.24, 2.45) is 5.92 Å². The van der Waals surface area contributed by atoms with Gasteiger partial charge in [0, 0.05) is 30.8 Å². The van der Waals surface area contributed by atoms with E-state index in [1.807, 2.05) is 6.92 Å². The van der Waals surface area contributed by atoms with Gasteiger partial charge in [-0.25, -0.2) is 14.5 Å². The summed E-state index contributed by atoms with van der Waals surface area (Å²) >= 11 is 0. The van der Waals surface area contributed by atoms with Crippen molar-refractivity contribution in [3.8, 4) is 5.69 Å². The van der Waals surface area contributed by atoms with Crippen molar-refractivity contribution < 1.29 is 19.2 Å². The highest BCUT2D eigenvalue weighted by atomic mass is 16.6. The van der Waals surface area contributed by atoms with Gasteiger partial charge >= 0.3 is 6.09 Å². The Labute approximate surface area is 179 Å². The van der Waals surface area contributed by atoms with E-state index in [-0.39, 0.29) is 34.8 Å². The lowest BCUT2D eigenvalue weighted by molar-refractivity contribution is -0.384. The summed E-state index contributed by atoms with van der Waals surface area (Å²) in [4.78, 5) is 41.4. The fraction of sp³-hybridized carbons (Fsp3) is 0.500. The number of nitrogens with zero attached hydrogens (tertiary/aromatic N) is 5. The third-order valence-corrected chi connectivity index (χ3v) is 4.94. The second-order valence-corrected chi connectivity index (χ2v) is 8.59. The topological polar surface area (TPSA) is 132 Å². The molecular formula is C20H26N6O5. The number of amides is 2. The first-order chi connectivity index (χ1) is 14.5. The van der Waals surface area contributed by atoms with Crippen molar-refractivity contribution in [3.05, 3.63) is 46.5 Å². The Balaban J connectivity index is 1.69. The van der Waals surface area contributed by atoms with E-state index in [0.29, 0.717) is 19.5 Å². The van der Waals surface area contributed by atoms with Crippen LogP contribution in [0.25, 0.3) is 5.69 Å². The molecule has 0 radical (unpaired) electrons. The van der Waals surface area contributed by atoms with Crippen molar-refractivity contribution in [2.75, 3.05) is 13.1 Å². The van der Waals surface area contributed by atoms with Crippen LogP contribution in [0.1, 0.15) is 44.5 Å². The molecule has 1 saturated heterocycles. The van der Waals surface area contributed by atoms with Gasteiger partial charge in [-0.3, -0.25) is 14.9 Å². The number of nitro groups is 1. The summed E-state index contributed by atoms with van der Waals surface area (Å²) in [5, 5.41) is 18.2. The SMILES string of the molecule is CC1CC(CNC(=O)OC(C)(C)C)CN1C(=O)c1ccc(-n2cncn2)c([N+](=O)[O-])c1. The van der Waals surface area contributed by atoms with Crippen molar-refractivity contribution >= 4 is 17.7 Å². The van der Waals surface area contributed by atoms with Crippen LogP contribution in [0.4, 0.5) is 10.5 Å². The number of hydrogen-bond acceptors (Lipinski definition) is 7. The zero-order valence-corrected chi connectivity index (χ0v) is 17.9. The van der Waals surface area contributed by atoms with Gasteiger partial charge in [0.2, 0.25) is 0 Å². The molecule has 1 fully saturated rings. The molecule has 2 amide bonds. The molecule has 1 N–H and O–H groups in total. The minimum Gasteiger partial charge on any atom is -0.444 e. The van der Waals surface area contributed by atoms with Crippen molar-refractivity contribution in [1.82, 2.24) is 25.0 Å². The number of ether oxygens (including phenoxy) is 1. The van der Waals surface area contributed by atoms with Gasteiger partial charge in [0.1, 0.15) is 23.9 Å². The zero-order valence-electron chi connectivity index (χ0n) is 17.9.